The van der Waals surface area contributed by atoms with E-state index in [4.69, 9.17) is 4.74 Å². The minimum atomic E-state index is -0.674. The van der Waals surface area contributed by atoms with Crippen molar-refractivity contribution in [2.75, 3.05) is 13.2 Å². The molecular weight excluding hydrogens is 214 g/mol. The second-order valence-corrected chi connectivity index (χ2v) is 4.66. The quantitative estimate of drug-likeness (QED) is 0.711. The lowest BCUT2D eigenvalue weighted by molar-refractivity contribution is 0.0795. The number of ether oxygens (including phenoxy) is 1. The SMILES string of the molecule is C=CCOc1ccc(CNCC(C)(C)O)cc1. The average Bonchev–Trinajstić information content (AvgIpc) is 2.26. The highest BCUT2D eigenvalue weighted by molar-refractivity contribution is 5.27. The minimum Gasteiger partial charge on any atom is -0.490 e. The van der Waals surface area contributed by atoms with Gasteiger partial charge in [0.2, 0.25) is 0 Å². The normalized spacial score (nSPS) is 11.2. The van der Waals surface area contributed by atoms with E-state index in [2.05, 4.69) is 11.9 Å². The predicted molar refractivity (Wildman–Crippen MR) is 70.1 cm³/mol. The van der Waals surface area contributed by atoms with Crippen molar-refractivity contribution in [1.82, 2.24) is 5.32 Å². The summed E-state index contributed by atoms with van der Waals surface area (Å²) in [5.41, 5.74) is 0.493. The highest BCUT2D eigenvalue weighted by Crippen LogP contribution is 2.12. The van der Waals surface area contributed by atoms with Crippen LogP contribution in [-0.4, -0.2) is 23.9 Å². The van der Waals surface area contributed by atoms with Gasteiger partial charge in [0.25, 0.3) is 0 Å². The molecule has 0 spiro atoms. The topological polar surface area (TPSA) is 41.5 Å². The highest BCUT2D eigenvalue weighted by Gasteiger charge is 2.10. The number of hydrogen-bond donors (Lipinski definition) is 2. The van der Waals surface area contributed by atoms with Crippen LogP contribution in [0.4, 0.5) is 0 Å². The zero-order valence-corrected chi connectivity index (χ0v) is 10.6. The van der Waals surface area contributed by atoms with Crippen molar-refractivity contribution in [2.45, 2.75) is 26.0 Å². The van der Waals surface area contributed by atoms with E-state index in [9.17, 15) is 5.11 Å². The summed E-state index contributed by atoms with van der Waals surface area (Å²) in [6.07, 6.45) is 1.72. The molecule has 17 heavy (non-hydrogen) atoms. The molecule has 1 aromatic carbocycles. The summed E-state index contributed by atoms with van der Waals surface area (Å²) >= 11 is 0. The highest BCUT2D eigenvalue weighted by atomic mass is 16.5. The molecule has 0 unspecified atom stereocenters. The fraction of sp³-hybridized carbons (Fsp3) is 0.429. The third-order valence-electron chi connectivity index (χ3n) is 2.18. The maximum atomic E-state index is 9.54. The molecule has 1 rings (SSSR count). The van der Waals surface area contributed by atoms with Gasteiger partial charge in [0.05, 0.1) is 5.60 Å². The Bertz CT molecular complexity index is 338. The lowest BCUT2D eigenvalue weighted by atomic mass is 10.1. The Kier molecular flexibility index (Phi) is 5.19. The molecule has 0 amide bonds. The number of rotatable bonds is 7. The average molecular weight is 235 g/mol. The third-order valence-corrected chi connectivity index (χ3v) is 2.18. The Balaban J connectivity index is 2.37. The molecule has 3 nitrogen and oxygen atoms in total. The Morgan fingerprint density at radius 1 is 1.35 bits per heavy atom. The summed E-state index contributed by atoms with van der Waals surface area (Å²) in [7, 11) is 0. The first-order valence-electron chi connectivity index (χ1n) is 5.77. The zero-order valence-electron chi connectivity index (χ0n) is 10.6. The van der Waals surface area contributed by atoms with Crippen LogP contribution in [-0.2, 0) is 6.54 Å². The standard InChI is InChI=1S/C14H21NO2/c1-4-9-17-13-7-5-12(6-8-13)10-15-11-14(2,3)16/h4-8,15-16H,1,9-11H2,2-3H3. The molecule has 0 atom stereocenters. The van der Waals surface area contributed by atoms with Gasteiger partial charge in [-0.25, -0.2) is 0 Å². The van der Waals surface area contributed by atoms with Crippen LogP contribution in [0.5, 0.6) is 5.75 Å². The van der Waals surface area contributed by atoms with Crippen LogP contribution in [0, 0.1) is 0 Å². The lowest BCUT2D eigenvalue weighted by Gasteiger charge is -2.17. The van der Waals surface area contributed by atoms with Crippen LogP contribution in [0.3, 0.4) is 0 Å². The molecule has 0 saturated heterocycles. The first-order chi connectivity index (χ1) is 8.01. The monoisotopic (exact) mass is 235 g/mol. The molecule has 94 valence electrons. The molecular formula is C14H21NO2. The summed E-state index contributed by atoms with van der Waals surface area (Å²) in [4.78, 5) is 0. The van der Waals surface area contributed by atoms with E-state index in [0.29, 0.717) is 13.2 Å². The molecule has 0 saturated carbocycles. The van der Waals surface area contributed by atoms with Crippen LogP contribution in [0.15, 0.2) is 36.9 Å². The molecule has 2 N–H and O–H groups in total. The van der Waals surface area contributed by atoms with E-state index in [0.717, 1.165) is 12.3 Å². The summed E-state index contributed by atoms with van der Waals surface area (Å²) in [5, 5.41) is 12.7. The van der Waals surface area contributed by atoms with E-state index in [-0.39, 0.29) is 0 Å². The van der Waals surface area contributed by atoms with Gasteiger partial charge in [-0.15, -0.1) is 0 Å². The number of aliphatic hydroxyl groups is 1. The van der Waals surface area contributed by atoms with Crippen molar-refractivity contribution in [1.29, 1.82) is 0 Å². The largest absolute Gasteiger partial charge is 0.490 e. The molecule has 0 aliphatic heterocycles. The van der Waals surface area contributed by atoms with Crippen LogP contribution in [0.1, 0.15) is 19.4 Å². The molecule has 1 aromatic rings. The van der Waals surface area contributed by atoms with Crippen LogP contribution in [0.25, 0.3) is 0 Å². The van der Waals surface area contributed by atoms with Crippen molar-refractivity contribution >= 4 is 0 Å². The second kappa shape index (κ2) is 6.42. The maximum absolute atomic E-state index is 9.54. The van der Waals surface area contributed by atoms with Gasteiger partial charge in [-0.2, -0.15) is 0 Å². The van der Waals surface area contributed by atoms with Crippen molar-refractivity contribution in [3.8, 4) is 5.75 Å². The van der Waals surface area contributed by atoms with Gasteiger partial charge in [-0.1, -0.05) is 24.8 Å². The van der Waals surface area contributed by atoms with E-state index >= 15 is 0 Å². The number of benzene rings is 1. The summed E-state index contributed by atoms with van der Waals surface area (Å²) in [6.45, 7) is 9.00. The summed E-state index contributed by atoms with van der Waals surface area (Å²) in [6, 6.07) is 7.89. The molecule has 0 bridgehead atoms. The second-order valence-electron chi connectivity index (χ2n) is 4.66. The van der Waals surface area contributed by atoms with Crippen LogP contribution in [0.2, 0.25) is 0 Å². The number of nitrogens with one attached hydrogen (secondary N) is 1. The van der Waals surface area contributed by atoms with Gasteiger partial charge < -0.3 is 15.2 Å². The zero-order chi connectivity index (χ0) is 12.7. The summed E-state index contributed by atoms with van der Waals surface area (Å²) in [5.74, 6) is 0.844. The van der Waals surface area contributed by atoms with Crippen molar-refractivity contribution < 1.29 is 9.84 Å². The van der Waals surface area contributed by atoms with Gasteiger partial charge in [0, 0.05) is 13.1 Å². The van der Waals surface area contributed by atoms with E-state index in [1.165, 1.54) is 5.56 Å². The third kappa shape index (κ3) is 6.09. The molecule has 0 radical (unpaired) electrons. The first kappa shape index (κ1) is 13.7. The molecule has 0 aliphatic carbocycles. The van der Waals surface area contributed by atoms with E-state index in [1.807, 2.05) is 24.3 Å². The fourth-order valence-electron chi connectivity index (χ4n) is 1.37. The van der Waals surface area contributed by atoms with Crippen LogP contribution < -0.4 is 10.1 Å². The smallest absolute Gasteiger partial charge is 0.119 e. The molecule has 3 heteroatoms. The van der Waals surface area contributed by atoms with Gasteiger partial charge in [-0.05, 0) is 31.5 Å². The molecule has 0 heterocycles. The van der Waals surface area contributed by atoms with Gasteiger partial charge in [0.1, 0.15) is 12.4 Å². The Hall–Kier alpha value is -1.32. The fourth-order valence-corrected chi connectivity index (χ4v) is 1.37. The van der Waals surface area contributed by atoms with E-state index in [1.54, 1.807) is 19.9 Å². The Labute approximate surface area is 103 Å². The summed E-state index contributed by atoms with van der Waals surface area (Å²) < 4.78 is 5.39. The van der Waals surface area contributed by atoms with Gasteiger partial charge in [-0.3, -0.25) is 0 Å². The maximum Gasteiger partial charge on any atom is 0.119 e. The predicted octanol–water partition coefficient (Wildman–Crippen LogP) is 2.11. The van der Waals surface area contributed by atoms with E-state index < -0.39 is 5.60 Å². The van der Waals surface area contributed by atoms with Gasteiger partial charge in [0.15, 0.2) is 0 Å². The lowest BCUT2D eigenvalue weighted by Crippen LogP contribution is -2.34. The number of hydrogen-bond acceptors (Lipinski definition) is 3. The molecule has 0 aromatic heterocycles. The van der Waals surface area contributed by atoms with Crippen molar-refractivity contribution in [3.05, 3.63) is 42.5 Å². The van der Waals surface area contributed by atoms with Crippen molar-refractivity contribution in [3.63, 3.8) is 0 Å². The van der Waals surface area contributed by atoms with Crippen molar-refractivity contribution in [2.24, 2.45) is 0 Å². The molecule has 0 fully saturated rings. The Morgan fingerprint density at radius 2 is 2.00 bits per heavy atom. The first-order valence-corrected chi connectivity index (χ1v) is 5.77. The van der Waals surface area contributed by atoms with Crippen LogP contribution >= 0.6 is 0 Å². The minimum absolute atomic E-state index is 0.524. The Morgan fingerprint density at radius 3 is 2.53 bits per heavy atom. The molecule has 0 aliphatic rings. The van der Waals surface area contributed by atoms with Gasteiger partial charge >= 0.3 is 0 Å².